The van der Waals surface area contributed by atoms with E-state index < -0.39 is 0 Å². The number of hydrogen-bond acceptors (Lipinski definition) is 4. The van der Waals surface area contributed by atoms with E-state index in [-0.39, 0.29) is 34.4 Å². The van der Waals surface area contributed by atoms with Crippen molar-refractivity contribution in [2.75, 3.05) is 7.11 Å². The van der Waals surface area contributed by atoms with E-state index in [1.54, 1.807) is 6.07 Å². The highest BCUT2D eigenvalue weighted by atomic mass is 16.5. The fourth-order valence-electron chi connectivity index (χ4n) is 4.31. The van der Waals surface area contributed by atoms with Gasteiger partial charge in [0.25, 0.3) is 0 Å². The number of benzene rings is 1. The average molecular weight is 304 g/mol. The van der Waals surface area contributed by atoms with Gasteiger partial charge in [0.2, 0.25) is 0 Å². The summed E-state index contributed by atoms with van der Waals surface area (Å²) in [4.78, 5) is 12.5. The van der Waals surface area contributed by atoms with E-state index in [0.29, 0.717) is 11.5 Å². The second kappa shape index (κ2) is 4.90. The van der Waals surface area contributed by atoms with Crippen LogP contribution in [0.25, 0.3) is 0 Å². The molecule has 1 aromatic carbocycles. The van der Waals surface area contributed by atoms with E-state index in [0.717, 1.165) is 12.8 Å². The number of aromatic hydroxyl groups is 1. The molecule has 2 saturated carbocycles. The lowest BCUT2D eigenvalue weighted by molar-refractivity contribution is -0.0242. The number of esters is 1. The summed E-state index contributed by atoms with van der Waals surface area (Å²) in [5, 5.41) is 9.62. The van der Waals surface area contributed by atoms with E-state index in [1.165, 1.54) is 25.7 Å². The molecule has 2 aliphatic carbocycles. The van der Waals surface area contributed by atoms with Gasteiger partial charge in [-0.3, -0.25) is 0 Å². The molecule has 4 nitrogen and oxygen atoms in total. The summed E-state index contributed by atoms with van der Waals surface area (Å²) in [6, 6.07) is 4.56. The lowest BCUT2D eigenvalue weighted by Gasteiger charge is -2.38. The minimum atomic E-state index is -0.340. The van der Waals surface area contributed by atoms with Crippen molar-refractivity contribution < 1.29 is 19.4 Å². The molecule has 0 spiro atoms. The molecule has 120 valence electrons. The van der Waals surface area contributed by atoms with Crippen molar-refractivity contribution in [1.29, 1.82) is 0 Å². The van der Waals surface area contributed by atoms with Crippen LogP contribution >= 0.6 is 0 Å². The lowest BCUT2D eigenvalue weighted by Crippen LogP contribution is -2.38. The Hall–Kier alpha value is -1.71. The zero-order valence-corrected chi connectivity index (χ0v) is 13.7. The lowest BCUT2D eigenvalue weighted by atomic mass is 9.70. The SMILES string of the molecule is COc1cc(C(=O)OC2CC3CC[C@@]2(C)C3(C)C)ccc1O. The molecular weight excluding hydrogens is 280 g/mol. The first-order chi connectivity index (χ1) is 10.3. The van der Waals surface area contributed by atoms with Crippen LogP contribution in [-0.2, 0) is 4.74 Å². The largest absolute Gasteiger partial charge is 0.504 e. The third kappa shape index (κ3) is 2.00. The summed E-state index contributed by atoms with van der Waals surface area (Å²) in [6.07, 6.45) is 3.25. The molecule has 2 bridgehead atoms. The zero-order chi connectivity index (χ0) is 16.1. The van der Waals surface area contributed by atoms with Gasteiger partial charge in [0, 0.05) is 5.41 Å². The van der Waals surface area contributed by atoms with Crippen LogP contribution in [0.3, 0.4) is 0 Å². The molecule has 2 aliphatic rings. The molecule has 0 heterocycles. The average Bonchev–Trinajstić information content (AvgIpc) is 2.81. The maximum Gasteiger partial charge on any atom is 0.338 e. The van der Waals surface area contributed by atoms with Gasteiger partial charge in [-0.25, -0.2) is 4.79 Å². The molecule has 4 heteroatoms. The maximum absolute atomic E-state index is 12.5. The molecule has 0 saturated heterocycles. The molecular formula is C18H24O4. The number of phenols is 1. The van der Waals surface area contributed by atoms with E-state index >= 15 is 0 Å². The predicted molar refractivity (Wildman–Crippen MR) is 83.1 cm³/mol. The normalized spacial score (nSPS) is 32.0. The summed E-state index contributed by atoms with van der Waals surface area (Å²) in [5.74, 6) is 0.596. The van der Waals surface area contributed by atoms with E-state index in [1.807, 2.05) is 0 Å². The fourth-order valence-corrected chi connectivity index (χ4v) is 4.31. The Morgan fingerprint density at radius 3 is 2.59 bits per heavy atom. The Balaban J connectivity index is 1.79. The Labute approximate surface area is 131 Å². The Morgan fingerprint density at radius 2 is 2.05 bits per heavy atom. The van der Waals surface area contributed by atoms with Crippen molar-refractivity contribution in [3.63, 3.8) is 0 Å². The number of carbonyl (C=O) groups excluding carboxylic acids is 1. The molecule has 2 fully saturated rings. The van der Waals surface area contributed by atoms with Crippen LogP contribution in [0, 0.1) is 16.7 Å². The number of fused-ring (bicyclic) bond motifs is 2. The Bertz CT molecular complexity index is 607. The number of hydrogen-bond donors (Lipinski definition) is 1. The standard InChI is InChI=1S/C18H24O4/c1-17(2)12-7-8-18(17,3)15(10-12)22-16(20)11-5-6-13(19)14(9-11)21-4/h5-6,9,12,15,19H,7-8,10H2,1-4H3/t12?,15?,18-/m1/s1. The number of methoxy groups -OCH3 is 1. The summed E-state index contributed by atoms with van der Waals surface area (Å²) < 4.78 is 10.9. The minimum absolute atomic E-state index is 0.0204. The number of ether oxygens (including phenoxy) is 2. The Morgan fingerprint density at radius 1 is 1.32 bits per heavy atom. The van der Waals surface area contributed by atoms with Crippen LogP contribution < -0.4 is 4.74 Å². The number of rotatable bonds is 3. The topological polar surface area (TPSA) is 55.8 Å². The molecule has 1 aromatic rings. The minimum Gasteiger partial charge on any atom is -0.504 e. The summed E-state index contributed by atoms with van der Waals surface area (Å²) >= 11 is 0. The van der Waals surface area contributed by atoms with Crippen LogP contribution in [0.5, 0.6) is 11.5 Å². The smallest absolute Gasteiger partial charge is 0.338 e. The molecule has 3 rings (SSSR count). The van der Waals surface area contributed by atoms with Crippen LogP contribution in [0.4, 0.5) is 0 Å². The van der Waals surface area contributed by atoms with Crippen LogP contribution in [0.1, 0.15) is 50.4 Å². The molecule has 0 amide bonds. The second-order valence-electron chi connectivity index (χ2n) is 7.39. The molecule has 0 radical (unpaired) electrons. The van der Waals surface area contributed by atoms with Crippen LogP contribution in [-0.4, -0.2) is 24.3 Å². The van der Waals surface area contributed by atoms with Gasteiger partial charge in [-0.15, -0.1) is 0 Å². The molecule has 0 aromatic heterocycles. The zero-order valence-electron chi connectivity index (χ0n) is 13.7. The maximum atomic E-state index is 12.5. The van der Waals surface area contributed by atoms with Crippen molar-refractivity contribution >= 4 is 5.97 Å². The molecule has 2 unspecified atom stereocenters. The van der Waals surface area contributed by atoms with Gasteiger partial charge in [-0.2, -0.15) is 0 Å². The van der Waals surface area contributed by atoms with Crippen molar-refractivity contribution in [2.45, 2.75) is 46.1 Å². The molecule has 22 heavy (non-hydrogen) atoms. The first kappa shape index (κ1) is 15.2. The van der Waals surface area contributed by atoms with Crippen molar-refractivity contribution in [3.8, 4) is 11.5 Å². The third-order valence-corrected chi connectivity index (χ3v) is 6.38. The summed E-state index contributed by atoms with van der Waals surface area (Å²) in [5.41, 5.74) is 0.678. The highest BCUT2D eigenvalue weighted by molar-refractivity contribution is 5.90. The number of carbonyl (C=O) groups is 1. The highest BCUT2D eigenvalue weighted by Crippen LogP contribution is 2.66. The number of phenolic OH excluding ortho intramolecular Hbond substituents is 1. The predicted octanol–water partition coefficient (Wildman–Crippen LogP) is 3.77. The van der Waals surface area contributed by atoms with Crippen molar-refractivity contribution in [2.24, 2.45) is 16.7 Å². The second-order valence-corrected chi connectivity index (χ2v) is 7.39. The van der Waals surface area contributed by atoms with Gasteiger partial charge >= 0.3 is 5.97 Å². The van der Waals surface area contributed by atoms with Gasteiger partial charge < -0.3 is 14.6 Å². The first-order valence-corrected chi connectivity index (χ1v) is 7.87. The van der Waals surface area contributed by atoms with Crippen molar-refractivity contribution in [3.05, 3.63) is 23.8 Å². The quantitative estimate of drug-likeness (QED) is 0.864. The molecule has 1 N–H and O–H groups in total. The van der Waals surface area contributed by atoms with Gasteiger partial charge in [0.15, 0.2) is 11.5 Å². The van der Waals surface area contributed by atoms with E-state index in [2.05, 4.69) is 20.8 Å². The van der Waals surface area contributed by atoms with Crippen LogP contribution in [0.2, 0.25) is 0 Å². The highest BCUT2D eigenvalue weighted by Gasteiger charge is 2.62. The molecule has 3 atom stereocenters. The van der Waals surface area contributed by atoms with Crippen molar-refractivity contribution in [1.82, 2.24) is 0 Å². The third-order valence-electron chi connectivity index (χ3n) is 6.38. The van der Waals surface area contributed by atoms with Gasteiger partial charge in [0.05, 0.1) is 12.7 Å². The summed E-state index contributed by atoms with van der Waals surface area (Å²) in [7, 11) is 1.46. The van der Waals surface area contributed by atoms with Crippen LogP contribution in [0.15, 0.2) is 18.2 Å². The fraction of sp³-hybridized carbons (Fsp3) is 0.611. The van der Waals surface area contributed by atoms with Gasteiger partial charge in [0.1, 0.15) is 6.10 Å². The molecule has 0 aliphatic heterocycles. The van der Waals surface area contributed by atoms with E-state index in [4.69, 9.17) is 9.47 Å². The van der Waals surface area contributed by atoms with Gasteiger partial charge in [-0.1, -0.05) is 20.8 Å². The summed E-state index contributed by atoms with van der Waals surface area (Å²) in [6.45, 7) is 6.83. The van der Waals surface area contributed by atoms with E-state index in [9.17, 15) is 9.90 Å². The van der Waals surface area contributed by atoms with Gasteiger partial charge in [-0.05, 0) is 48.8 Å². The first-order valence-electron chi connectivity index (χ1n) is 7.87. The Kier molecular flexibility index (Phi) is 3.38. The monoisotopic (exact) mass is 304 g/mol.